The van der Waals surface area contributed by atoms with Crippen molar-refractivity contribution in [2.45, 2.75) is 57.0 Å². The molecule has 1 rings (SSSR count). The Bertz CT molecular complexity index is 601. The number of aliphatic hydroxyl groups excluding tert-OH is 2. The summed E-state index contributed by atoms with van der Waals surface area (Å²) < 4.78 is 6.54. The number of carboxylic acid groups (broad SMARTS) is 1. The molecule has 1 aromatic heterocycles. The Morgan fingerprint density at radius 3 is 2.48 bits per heavy atom. The fraction of sp³-hybridized carbons (Fsp3) is 0.647. The van der Waals surface area contributed by atoms with Gasteiger partial charge in [0.1, 0.15) is 25.2 Å². The van der Waals surface area contributed by atoms with Gasteiger partial charge in [0.15, 0.2) is 18.5 Å². The van der Waals surface area contributed by atoms with Crippen LogP contribution in [0.4, 0.5) is 0 Å². The minimum absolute atomic E-state index is 0.0593. The molecule has 0 radical (unpaired) electrons. The Morgan fingerprint density at radius 1 is 1.19 bits per heavy atom. The van der Waals surface area contributed by atoms with E-state index >= 15 is 0 Å². The van der Waals surface area contributed by atoms with Crippen LogP contribution in [0.1, 0.15) is 30.4 Å². The average Bonchev–Trinajstić information content (AvgIpc) is 2.60. The zero-order chi connectivity index (χ0) is 20.4. The second-order valence-corrected chi connectivity index (χ2v) is 6.43. The van der Waals surface area contributed by atoms with E-state index in [2.05, 4.69) is 0 Å². The predicted octanol–water partition coefficient (Wildman–Crippen LogP) is -2.08. The van der Waals surface area contributed by atoms with E-state index in [4.69, 9.17) is 32.2 Å². The molecule has 0 fully saturated rings. The third-order valence-electron chi connectivity index (χ3n) is 4.24. The molecule has 3 atom stereocenters. The highest BCUT2D eigenvalue weighted by molar-refractivity contribution is 5.72. The molecule has 154 valence electrons. The summed E-state index contributed by atoms with van der Waals surface area (Å²) in [6.07, 6.45) is 3.60. The monoisotopic (exact) mass is 387 g/mol. The number of nitrogens with zero attached hydrogens (tertiary/aromatic N) is 1. The standard InChI is InChI=1S/C17H30N4O6/c18-6-5-13-11(1-4-16(20)27-10-22)7-21(9-15(13)24)8-12(23)2-3-14(19)17(25)26/h7,9,12,14,16,22-23H,1-6,8,10,18-20H2,(H-,24,25,26)/p+1. The summed E-state index contributed by atoms with van der Waals surface area (Å²) in [5, 5.41) is 38.0. The lowest BCUT2D eigenvalue weighted by Crippen LogP contribution is -2.41. The van der Waals surface area contributed by atoms with Crippen molar-refractivity contribution in [3.8, 4) is 5.75 Å². The van der Waals surface area contributed by atoms with E-state index in [1.165, 1.54) is 6.20 Å². The Kier molecular flexibility index (Phi) is 10.1. The van der Waals surface area contributed by atoms with Crippen molar-refractivity contribution in [2.75, 3.05) is 13.3 Å². The number of ether oxygens (including phenoxy) is 1. The van der Waals surface area contributed by atoms with Crippen LogP contribution in [-0.2, 0) is 28.9 Å². The molecule has 0 bridgehead atoms. The van der Waals surface area contributed by atoms with Crippen molar-refractivity contribution in [2.24, 2.45) is 17.2 Å². The summed E-state index contributed by atoms with van der Waals surface area (Å²) in [5.74, 6) is -1.05. The normalized spacial score (nSPS) is 14.7. The van der Waals surface area contributed by atoms with Crippen molar-refractivity contribution in [3.63, 3.8) is 0 Å². The number of aliphatic hydroxyl groups is 2. The molecule has 10 nitrogen and oxygen atoms in total. The molecular weight excluding hydrogens is 356 g/mol. The molecule has 0 aromatic carbocycles. The first kappa shape index (κ1) is 23.2. The molecule has 0 aliphatic carbocycles. The molecule has 1 aromatic rings. The van der Waals surface area contributed by atoms with Gasteiger partial charge in [-0.15, -0.1) is 0 Å². The number of pyridine rings is 1. The summed E-state index contributed by atoms with van der Waals surface area (Å²) in [7, 11) is 0. The Morgan fingerprint density at radius 2 is 1.89 bits per heavy atom. The topological polar surface area (TPSA) is 189 Å². The van der Waals surface area contributed by atoms with Crippen molar-refractivity contribution in [3.05, 3.63) is 23.5 Å². The number of carbonyl (C=O) groups is 1. The van der Waals surface area contributed by atoms with Crippen LogP contribution in [0.2, 0.25) is 0 Å². The van der Waals surface area contributed by atoms with E-state index in [0.29, 0.717) is 31.4 Å². The molecule has 0 saturated carbocycles. The lowest BCUT2D eigenvalue weighted by atomic mass is 10.0. The number of hydrogen-bond donors (Lipinski definition) is 7. The molecule has 0 aliphatic rings. The Balaban J connectivity index is 2.83. The number of aryl methyl sites for hydroxylation is 1. The molecule has 3 unspecified atom stereocenters. The maximum absolute atomic E-state index is 10.7. The first-order chi connectivity index (χ1) is 12.8. The van der Waals surface area contributed by atoms with Gasteiger partial charge >= 0.3 is 5.97 Å². The lowest BCUT2D eigenvalue weighted by molar-refractivity contribution is -0.704. The van der Waals surface area contributed by atoms with E-state index in [1.54, 1.807) is 10.8 Å². The smallest absolute Gasteiger partial charge is 0.320 e. The largest absolute Gasteiger partial charge is 0.503 e. The van der Waals surface area contributed by atoms with Crippen LogP contribution in [0, 0.1) is 0 Å². The lowest BCUT2D eigenvalue weighted by Gasteiger charge is -2.14. The van der Waals surface area contributed by atoms with Gasteiger partial charge in [0.05, 0.1) is 0 Å². The molecular formula is C17H31N4O6+. The molecule has 10 N–H and O–H groups in total. The fourth-order valence-electron chi connectivity index (χ4n) is 2.78. The zero-order valence-corrected chi connectivity index (χ0v) is 15.3. The number of rotatable bonds is 13. The highest BCUT2D eigenvalue weighted by Crippen LogP contribution is 2.21. The highest BCUT2D eigenvalue weighted by Gasteiger charge is 2.20. The number of aromatic nitrogens is 1. The second kappa shape index (κ2) is 11.8. The first-order valence-corrected chi connectivity index (χ1v) is 8.86. The van der Waals surface area contributed by atoms with Gasteiger partial charge in [-0.25, -0.2) is 0 Å². The quantitative estimate of drug-likeness (QED) is 0.147. The molecule has 10 heteroatoms. The van der Waals surface area contributed by atoms with Gasteiger partial charge in [0.2, 0.25) is 6.20 Å². The fourth-order valence-corrected chi connectivity index (χ4v) is 2.78. The molecule has 1 heterocycles. The van der Waals surface area contributed by atoms with Gasteiger partial charge in [0, 0.05) is 11.1 Å². The molecule has 0 saturated heterocycles. The van der Waals surface area contributed by atoms with Gasteiger partial charge < -0.3 is 42.4 Å². The van der Waals surface area contributed by atoms with Crippen molar-refractivity contribution < 1.29 is 34.5 Å². The summed E-state index contributed by atoms with van der Waals surface area (Å²) in [6, 6.07) is -1.02. The van der Waals surface area contributed by atoms with Gasteiger partial charge in [-0.3, -0.25) is 4.79 Å². The zero-order valence-electron chi connectivity index (χ0n) is 15.3. The van der Waals surface area contributed by atoms with Gasteiger partial charge in [-0.2, -0.15) is 4.57 Å². The summed E-state index contributed by atoms with van der Waals surface area (Å²) in [6.45, 7) is 0.0655. The van der Waals surface area contributed by atoms with E-state index in [9.17, 15) is 15.0 Å². The predicted molar refractivity (Wildman–Crippen MR) is 96.4 cm³/mol. The van der Waals surface area contributed by atoms with E-state index in [-0.39, 0.29) is 25.1 Å². The van der Waals surface area contributed by atoms with Crippen LogP contribution in [0.3, 0.4) is 0 Å². The maximum atomic E-state index is 10.7. The van der Waals surface area contributed by atoms with E-state index in [1.807, 2.05) is 0 Å². The van der Waals surface area contributed by atoms with Crippen LogP contribution in [0.5, 0.6) is 5.75 Å². The van der Waals surface area contributed by atoms with Crippen LogP contribution < -0.4 is 21.8 Å². The van der Waals surface area contributed by atoms with Gasteiger partial charge in [-0.1, -0.05) is 0 Å². The van der Waals surface area contributed by atoms with Crippen molar-refractivity contribution in [1.82, 2.24) is 0 Å². The molecule has 27 heavy (non-hydrogen) atoms. The number of aliphatic carboxylic acids is 1. The SMILES string of the molecule is NCCc1c(O)c[n+](CC(O)CCC(N)C(=O)O)cc1CCC(N)OCO. The number of nitrogens with two attached hydrogens (primary N) is 3. The van der Waals surface area contributed by atoms with Gasteiger partial charge in [-0.05, 0) is 38.6 Å². The summed E-state index contributed by atoms with van der Waals surface area (Å²) in [4.78, 5) is 10.7. The van der Waals surface area contributed by atoms with Crippen molar-refractivity contribution >= 4 is 5.97 Å². The van der Waals surface area contributed by atoms with Crippen LogP contribution in [0.15, 0.2) is 12.4 Å². The minimum Gasteiger partial charge on any atom is -0.503 e. The first-order valence-electron chi connectivity index (χ1n) is 8.86. The molecule has 0 spiro atoms. The minimum atomic E-state index is -1.11. The van der Waals surface area contributed by atoms with Crippen LogP contribution >= 0.6 is 0 Å². The number of aromatic hydroxyl groups is 1. The van der Waals surface area contributed by atoms with E-state index in [0.717, 1.165) is 5.56 Å². The van der Waals surface area contributed by atoms with Gasteiger partial charge in [0.25, 0.3) is 0 Å². The van der Waals surface area contributed by atoms with Crippen LogP contribution in [0.25, 0.3) is 0 Å². The number of carboxylic acids is 1. The molecule has 0 amide bonds. The number of hydrogen-bond acceptors (Lipinski definition) is 8. The highest BCUT2D eigenvalue weighted by atomic mass is 16.6. The Labute approximate surface area is 158 Å². The third-order valence-corrected chi connectivity index (χ3v) is 4.24. The van der Waals surface area contributed by atoms with E-state index < -0.39 is 31.1 Å². The summed E-state index contributed by atoms with van der Waals surface area (Å²) >= 11 is 0. The van der Waals surface area contributed by atoms with Crippen molar-refractivity contribution in [1.29, 1.82) is 0 Å². The average molecular weight is 387 g/mol. The van der Waals surface area contributed by atoms with Crippen LogP contribution in [-0.4, -0.2) is 58.1 Å². The third kappa shape index (κ3) is 8.16. The molecule has 0 aliphatic heterocycles. The Hall–Kier alpha value is -1.82. The summed E-state index contributed by atoms with van der Waals surface area (Å²) in [5.41, 5.74) is 18.3. The second-order valence-electron chi connectivity index (χ2n) is 6.43. The maximum Gasteiger partial charge on any atom is 0.320 e.